The van der Waals surface area contributed by atoms with E-state index in [-0.39, 0.29) is 25.9 Å². The van der Waals surface area contributed by atoms with E-state index in [4.69, 9.17) is 20.6 Å². The van der Waals surface area contributed by atoms with Gasteiger partial charge < -0.3 is 18.5 Å². The van der Waals surface area contributed by atoms with Crippen molar-refractivity contribution in [1.29, 1.82) is 0 Å². The number of carbonyl (C=O) groups is 1. The summed E-state index contributed by atoms with van der Waals surface area (Å²) < 4.78 is 31.1. The summed E-state index contributed by atoms with van der Waals surface area (Å²) in [5.74, 6) is 0. The summed E-state index contributed by atoms with van der Waals surface area (Å²) in [7, 11) is -3.19. The van der Waals surface area contributed by atoms with E-state index in [9.17, 15) is 9.36 Å². The van der Waals surface area contributed by atoms with Crippen LogP contribution in [0.5, 0.6) is 0 Å². The van der Waals surface area contributed by atoms with E-state index in [1.807, 2.05) is 30.3 Å². The fourth-order valence-electron chi connectivity index (χ4n) is 1.22. The first-order chi connectivity index (χ1) is 9.53. The highest BCUT2D eigenvalue weighted by Gasteiger charge is 2.17. The summed E-state index contributed by atoms with van der Waals surface area (Å²) in [6, 6.07) is 9.01. The molecular formula is C12H16ClO6P. The minimum absolute atomic E-state index is 0.0556. The molecule has 0 saturated heterocycles. The molecule has 20 heavy (non-hydrogen) atoms. The Morgan fingerprint density at radius 1 is 1.15 bits per heavy atom. The molecule has 0 bridgehead atoms. The molecule has 0 heterocycles. The quantitative estimate of drug-likeness (QED) is 0.316. The summed E-state index contributed by atoms with van der Waals surface area (Å²) >= 11 is 5.16. The lowest BCUT2D eigenvalue weighted by Crippen LogP contribution is -2.11. The van der Waals surface area contributed by atoms with E-state index >= 15 is 0 Å². The molecule has 0 aliphatic rings. The molecule has 1 rings (SSSR count). The summed E-state index contributed by atoms with van der Waals surface area (Å²) in [4.78, 5) is 10.8. The number of benzene rings is 1. The molecule has 0 aromatic heterocycles. The highest BCUT2D eigenvalue weighted by molar-refractivity contribution is 7.52. The van der Waals surface area contributed by atoms with Crippen molar-refractivity contribution in [3.05, 3.63) is 35.9 Å². The Morgan fingerprint density at radius 3 is 2.50 bits per heavy atom. The van der Waals surface area contributed by atoms with Crippen LogP contribution in [0.2, 0.25) is 0 Å². The molecule has 1 aromatic carbocycles. The Hall–Kier alpha value is -1.07. The van der Waals surface area contributed by atoms with Gasteiger partial charge in [-0.25, -0.2) is 4.79 Å². The van der Waals surface area contributed by atoms with E-state index in [1.54, 1.807) is 0 Å². The van der Waals surface area contributed by atoms with Gasteiger partial charge in [-0.1, -0.05) is 41.9 Å². The predicted octanol–water partition coefficient (Wildman–Crippen LogP) is 3.39. The fraction of sp³-hybridized carbons (Fsp3) is 0.417. The second kappa shape index (κ2) is 8.97. The Balaban J connectivity index is 2.21. The molecule has 8 heteroatoms. The van der Waals surface area contributed by atoms with Gasteiger partial charge in [0.05, 0.1) is 13.2 Å². The van der Waals surface area contributed by atoms with Gasteiger partial charge in [-0.15, -0.1) is 0 Å². The maximum atomic E-state index is 11.9. The van der Waals surface area contributed by atoms with Crippen LogP contribution < -0.4 is 0 Å². The van der Waals surface area contributed by atoms with Crippen LogP contribution in [0, 0.1) is 0 Å². The highest BCUT2D eigenvalue weighted by atomic mass is 35.5. The average Bonchev–Trinajstić information content (AvgIpc) is 2.43. The van der Waals surface area contributed by atoms with Crippen molar-refractivity contribution >= 4 is 25.4 Å². The van der Waals surface area contributed by atoms with Gasteiger partial charge in [0.25, 0.3) is 0 Å². The van der Waals surface area contributed by atoms with Crippen LogP contribution in [0.15, 0.2) is 30.3 Å². The van der Waals surface area contributed by atoms with E-state index in [0.717, 1.165) is 5.56 Å². The van der Waals surface area contributed by atoms with Crippen molar-refractivity contribution in [3.8, 4) is 0 Å². The zero-order chi connectivity index (χ0) is 14.8. The van der Waals surface area contributed by atoms with Crippen molar-refractivity contribution in [1.82, 2.24) is 0 Å². The smallest absolute Gasteiger partial charge is 0.432 e. The van der Waals surface area contributed by atoms with Gasteiger partial charge in [0.2, 0.25) is 0 Å². The molecule has 6 nitrogen and oxygen atoms in total. The highest BCUT2D eigenvalue weighted by Crippen LogP contribution is 2.44. The van der Waals surface area contributed by atoms with E-state index in [0.29, 0.717) is 0 Å². The lowest BCUT2D eigenvalue weighted by atomic mass is 10.2. The maximum absolute atomic E-state index is 11.9. The maximum Gasteiger partial charge on any atom is 0.509 e. The third-order valence-electron chi connectivity index (χ3n) is 2.11. The number of halogens is 1. The number of ether oxygens (including phenoxy) is 2. The molecule has 0 radical (unpaired) electrons. The standard InChI is InChI=1S/C12H16ClO6P/c1-20(15,18-8-7-16-12(14)17-10-13)19-9-11-5-3-2-4-6-11/h2-6H,7-10H2,1H3. The zero-order valence-corrected chi connectivity index (χ0v) is 12.6. The minimum atomic E-state index is -3.19. The van der Waals surface area contributed by atoms with Crippen molar-refractivity contribution in [2.45, 2.75) is 6.61 Å². The molecule has 0 N–H and O–H groups in total. The molecule has 0 amide bonds. The van der Waals surface area contributed by atoms with E-state index < -0.39 is 13.8 Å². The predicted molar refractivity (Wildman–Crippen MR) is 73.9 cm³/mol. The van der Waals surface area contributed by atoms with Gasteiger partial charge in [0.1, 0.15) is 6.61 Å². The average molecular weight is 323 g/mol. The van der Waals surface area contributed by atoms with Gasteiger partial charge in [-0.2, -0.15) is 0 Å². The first-order valence-corrected chi connectivity index (χ1v) is 8.32. The van der Waals surface area contributed by atoms with Crippen molar-refractivity contribution in [3.63, 3.8) is 0 Å². The van der Waals surface area contributed by atoms with Gasteiger partial charge in [0, 0.05) is 6.66 Å². The van der Waals surface area contributed by atoms with Crippen LogP contribution in [-0.2, 0) is 29.7 Å². The molecule has 0 saturated carbocycles. The first kappa shape index (κ1) is 17.0. The molecule has 1 unspecified atom stereocenters. The van der Waals surface area contributed by atoms with Crippen molar-refractivity contribution in [2.75, 3.05) is 25.9 Å². The molecule has 1 aromatic rings. The van der Waals surface area contributed by atoms with Gasteiger partial charge in [0.15, 0.2) is 6.07 Å². The molecule has 0 aliphatic heterocycles. The Bertz CT molecular complexity index is 453. The van der Waals surface area contributed by atoms with Crippen molar-refractivity contribution < 1.29 is 27.9 Å². The summed E-state index contributed by atoms with van der Waals surface area (Å²) in [5.41, 5.74) is 0.889. The number of carbonyl (C=O) groups excluding carboxylic acids is 1. The molecule has 0 aliphatic carbocycles. The van der Waals surface area contributed by atoms with E-state index in [1.165, 1.54) is 6.66 Å². The van der Waals surface area contributed by atoms with Gasteiger partial charge in [-0.05, 0) is 5.56 Å². The molecule has 112 valence electrons. The van der Waals surface area contributed by atoms with Crippen LogP contribution >= 0.6 is 19.2 Å². The largest absolute Gasteiger partial charge is 0.509 e. The number of hydrogen-bond acceptors (Lipinski definition) is 6. The summed E-state index contributed by atoms with van der Waals surface area (Å²) in [6.07, 6.45) is -0.903. The minimum Gasteiger partial charge on any atom is -0.432 e. The van der Waals surface area contributed by atoms with E-state index in [2.05, 4.69) is 9.47 Å². The van der Waals surface area contributed by atoms with Gasteiger partial charge in [-0.3, -0.25) is 4.57 Å². The monoisotopic (exact) mass is 322 g/mol. The Kier molecular flexibility index (Phi) is 7.62. The number of alkyl halides is 1. The molecular weight excluding hydrogens is 307 g/mol. The number of hydrogen-bond donors (Lipinski definition) is 0. The van der Waals surface area contributed by atoms with Crippen LogP contribution in [0.1, 0.15) is 5.56 Å². The third-order valence-corrected chi connectivity index (χ3v) is 3.47. The zero-order valence-electron chi connectivity index (χ0n) is 11.0. The number of rotatable bonds is 8. The second-order valence-electron chi connectivity index (χ2n) is 3.72. The van der Waals surface area contributed by atoms with Crippen LogP contribution in [-0.4, -0.2) is 32.1 Å². The van der Waals surface area contributed by atoms with Gasteiger partial charge >= 0.3 is 13.8 Å². The second-order valence-corrected chi connectivity index (χ2v) is 5.99. The SMILES string of the molecule is CP(=O)(OCCOC(=O)OCCl)OCc1ccccc1. The Labute approximate surface area is 122 Å². The Morgan fingerprint density at radius 2 is 1.85 bits per heavy atom. The molecule has 0 fully saturated rings. The summed E-state index contributed by atoms with van der Waals surface area (Å²) in [5, 5.41) is 0. The van der Waals surface area contributed by atoms with Crippen LogP contribution in [0.25, 0.3) is 0 Å². The topological polar surface area (TPSA) is 71.1 Å². The third kappa shape index (κ3) is 7.50. The fourth-order valence-corrected chi connectivity index (χ4v) is 2.17. The normalized spacial score (nSPS) is 13.5. The van der Waals surface area contributed by atoms with Crippen molar-refractivity contribution in [2.24, 2.45) is 0 Å². The van der Waals surface area contributed by atoms with Crippen LogP contribution in [0.4, 0.5) is 4.79 Å². The lowest BCUT2D eigenvalue weighted by molar-refractivity contribution is 0.0544. The molecule has 1 atom stereocenters. The van der Waals surface area contributed by atoms with Crippen LogP contribution in [0.3, 0.4) is 0 Å². The molecule has 0 spiro atoms. The first-order valence-electron chi connectivity index (χ1n) is 5.79. The lowest BCUT2D eigenvalue weighted by Gasteiger charge is -2.14. The summed E-state index contributed by atoms with van der Waals surface area (Å²) in [6.45, 7) is 1.39.